The number of alkyl halides is 5. The van der Waals surface area contributed by atoms with Crippen LogP contribution in [-0.4, -0.2) is 41.4 Å². The number of rotatable bonds is 5. The van der Waals surface area contributed by atoms with Crippen molar-refractivity contribution in [1.29, 1.82) is 0 Å². The average molecular weight is 486 g/mol. The van der Waals surface area contributed by atoms with Crippen LogP contribution in [0.3, 0.4) is 0 Å². The number of hydrogen-bond acceptors (Lipinski definition) is 5. The molecule has 1 aromatic carbocycles. The third-order valence-electron chi connectivity index (χ3n) is 4.52. The molecule has 0 aliphatic heterocycles. The Balaban J connectivity index is 1.59. The molecule has 0 spiro atoms. The van der Waals surface area contributed by atoms with Gasteiger partial charge in [-0.05, 0) is 24.6 Å². The minimum atomic E-state index is -5.86. The van der Waals surface area contributed by atoms with Gasteiger partial charge < -0.3 is 0 Å². The lowest BCUT2D eigenvalue weighted by Crippen LogP contribution is -2.36. The van der Waals surface area contributed by atoms with E-state index in [0.29, 0.717) is 15.6 Å². The summed E-state index contributed by atoms with van der Waals surface area (Å²) >= 11 is 6.10. The molecule has 0 bridgehead atoms. The second-order valence-electron chi connectivity index (χ2n) is 6.97. The van der Waals surface area contributed by atoms with Gasteiger partial charge in [0.2, 0.25) is 5.95 Å². The van der Waals surface area contributed by atoms with Gasteiger partial charge in [0.25, 0.3) is 5.91 Å². The SMILES string of the molecule is Cc1cc(C(F)(F)C(F)(F)F)n2nc(C(=O)Nc3ncn(Cc4ccccc4Cl)n3)cc2n1. The molecular weight excluding hydrogens is 473 g/mol. The maximum absolute atomic E-state index is 14.0. The van der Waals surface area contributed by atoms with E-state index in [1.54, 1.807) is 24.3 Å². The van der Waals surface area contributed by atoms with Crippen LogP contribution in [0.25, 0.3) is 5.65 Å². The lowest BCUT2D eigenvalue weighted by Gasteiger charge is -2.20. The van der Waals surface area contributed by atoms with E-state index in [0.717, 1.165) is 11.6 Å². The first kappa shape index (κ1) is 22.6. The Kier molecular flexibility index (Phi) is 5.52. The standard InChI is InChI=1S/C19H13ClF5N7O/c1-10-6-14(18(21,22)19(23,24)25)32-15(27-10)7-13(29-32)16(33)28-17-26-9-31(30-17)8-11-4-2-3-5-12(11)20/h2-7,9H,8H2,1H3,(H,28,30,33). The zero-order chi connectivity index (χ0) is 24.0. The molecule has 4 aromatic rings. The Hall–Kier alpha value is -3.61. The number of hydrogen-bond donors (Lipinski definition) is 1. The molecule has 0 saturated heterocycles. The summed E-state index contributed by atoms with van der Waals surface area (Å²) in [5, 5.41) is 10.5. The predicted octanol–water partition coefficient (Wildman–Crippen LogP) is 4.24. The number of halogens is 6. The van der Waals surface area contributed by atoms with Crippen LogP contribution in [0, 0.1) is 6.92 Å². The molecule has 3 heterocycles. The highest BCUT2D eigenvalue weighted by atomic mass is 35.5. The summed E-state index contributed by atoms with van der Waals surface area (Å²) in [6, 6.07) is 8.58. The largest absolute Gasteiger partial charge is 0.459 e. The molecule has 0 aliphatic rings. The molecule has 1 amide bonds. The van der Waals surface area contributed by atoms with E-state index in [-0.39, 0.29) is 23.8 Å². The molecule has 0 aliphatic carbocycles. The van der Waals surface area contributed by atoms with E-state index >= 15 is 0 Å². The van der Waals surface area contributed by atoms with Crippen molar-refractivity contribution in [2.24, 2.45) is 0 Å². The smallest absolute Gasteiger partial charge is 0.288 e. The number of amides is 1. The Morgan fingerprint density at radius 2 is 1.85 bits per heavy atom. The summed E-state index contributed by atoms with van der Waals surface area (Å²) in [5.41, 5.74) is -1.61. The molecule has 0 fully saturated rings. The maximum atomic E-state index is 14.0. The van der Waals surface area contributed by atoms with Crippen LogP contribution in [-0.2, 0) is 12.5 Å². The second-order valence-corrected chi connectivity index (χ2v) is 7.37. The van der Waals surface area contributed by atoms with Crippen molar-refractivity contribution in [3.8, 4) is 0 Å². The summed E-state index contributed by atoms with van der Waals surface area (Å²) in [6.07, 6.45) is -4.53. The van der Waals surface area contributed by atoms with Crippen molar-refractivity contribution in [2.75, 3.05) is 5.32 Å². The summed E-state index contributed by atoms with van der Waals surface area (Å²) in [7, 11) is 0. The number of carbonyl (C=O) groups excluding carboxylic acids is 1. The lowest BCUT2D eigenvalue weighted by atomic mass is 10.2. The first-order valence-electron chi connectivity index (χ1n) is 9.22. The zero-order valence-electron chi connectivity index (χ0n) is 16.6. The van der Waals surface area contributed by atoms with Crippen molar-refractivity contribution >= 4 is 29.1 Å². The highest BCUT2D eigenvalue weighted by molar-refractivity contribution is 6.31. The van der Waals surface area contributed by atoms with Gasteiger partial charge in [0, 0.05) is 16.8 Å². The van der Waals surface area contributed by atoms with Crippen LogP contribution in [0.5, 0.6) is 0 Å². The fourth-order valence-electron chi connectivity index (χ4n) is 2.97. The molecule has 4 rings (SSSR count). The number of aryl methyl sites for hydroxylation is 1. The molecule has 172 valence electrons. The minimum absolute atomic E-state index is 0.103. The highest BCUT2D eigenvalue weighted by Crippen LogP contribution is 2.43. The minimum Gasteiger partial charge on any atom is -0.288 e. The van der Waals surface area contributed by atoms with Gasteiger partial charge in [0.1, 0.15) is 12.0 Å². The molecule has 14 heteroatoms. The highest BCUT2D eigenvalue weighted by Gasteiger charge is 2.60. The van der Waals surface area contributed by atoms with Gasteiger partial charge in [0.05, 0.1) is 6.54 Å². The molecule has 3 aromatic heterocycles. The average Bonchev–Trinajstić information content (AvgIpc) is 3.35. The fourth-order valence-corrected chi connectivity index (χ4v) is 3.17. The van der Waals surface area contributed by atoms with E-state index in [4.69, 9.17) is 11.6 Å². The monoisotopic (exact) mass is 485 g/mol. The molecule has 33 heavy (non-hydrogen) atoms. The second kappa shape index (κ2) is 8.06. The van der Waals surface area contributed by atoms with Gasteiger partial charge in [-0.25, -0.2) is 19.2 Å². The topological polar surface area (TPSA) is 90.0 Å². The Morgan fingerprint density at radius 3 is 2.55 bits per heavy atom. The van der Waals surface area contributed by atoms with E-state index < -0.39 is 29.4 Å². The van der Waals surface area contributed by atoms with E-state index in [1.165, 1.54) is 17.9 Å². The number of carbonyl (C=O) groups is 1. The number of benzene rings is 1. The van der Waals surface area contributed by atoms with Crippen molar-refractivity contribution in [3.63, 3.8) is 0 Å². The van der Waals surface area contributed by atoms with Gasteiger partial charge in [-0.1, -0.05) is 29.8 Å². The van der Waals surface area contributed by atoms with Gasteiger partial charge in [-0.2, -0.15) is 27.1 Å². The maximum Gasteiger partial charge on any atom is 0.459 e. The Labute approximate surface area is 187 Å². The summed E-state index contributed by atoms with van der Waals surface area (Å²) in [4.78, 5) is 20.3. The quantitative estimate of drug-likeness (QED) is 0.427. The van der Waals surface area contributed by atoms with Crippen LogP contribution >= 0.6 is 11.6 Å². The predicted molar refractivity (Wildman–Crippen MR) is 106 cm³/mol. The third-order valence-corrected chi connectivity index (χ3v) is 4.89. The molecule has 1 N–H and O–H groups in total. The molecule has 0 unspecified atom stereocenters. The number of fused-ring (bicyclic) bond motifs is 1. The number of anilines is 1. The van der Waals surface area contributed by atoms with E-state index in [2.05, 4.69) is 25.5 Å². The van der Waals surface area contributed by atoms with E-state index in [9.17, 15) is 26.7 Å². The molecular formula is C19H13ClF5N7O. The number of nitrogens with one attached hydrogen (secondary N) is 1. The van der Waals surface area contributed by atoms with Crippen molar-refractivity contribution in [1.82, 2.24) is 29.4 Å². The summed E-state index contributed by atoms with van der Waals surface area (Å²) in [5.74, 6) is -6.26. The van der Waals surface area contributed by atoms with Gasteiger partial charge in [-0.3, -0.25) is 10.1 Å². The van der Waals surface area contributed by atoms with Crippen LogP contribution in [0.15, 0.2) is 42.7 Å². The number of nitrogens with zero attached hydrogens (tertiary/aromatic N) is 6. The van der Waals surface area contributed by atoms with Gasteiger partial charge >= 0.3 is 12.1 Å². The third kappa shape index (κ3) is 4.35. The van der Waals surface area contributed by atoms with Crippen molar-refractivity contribution in [3.05, 3.63) is 70.4 Å². The van der Waals surface area contributed by atoms with Crippen LogP contribution in [0.1, 0.15) is 27.4 Å². The molecule has 0 atom stereocenters. The van der Waals surface area contributed by atoms with Crippen molar-refractivity contribution in [2.45, 2.75) is 25.6 Å². The van der Waals surface area contributed by atoms with Crippen molar-refractivity contribution < 1.29 is 26.7 Å². The van der Waals surface area contributed by atoms with E-state index in [1.807, 2.05) is 0 Å². The number of aromatic nitrogens is 6. The summed E-state index contributed by atoms with van der Waals surface area (Å²) < 4.78 is 68.4. The zero-order valence-corrected chi connectivity index (χ0v) is 17.4. The Bertz CT molecular complexity index is 1350. The van der Waals surface area contributed by atoms with Crippen LogP contribution in [0.4, 0.5) is 27.9 Å². The Morgan fingerprint density at radius 1 is 1.12 bits per heavy atom. The van der Waals surface area contributed by atoms with Gasteiger partial charge in [-0.15, -0.1) is 5.10 Å². The fraction of sp³-hybridized carbons (Fsp3) is 0.211. The first-order valence-corrected chi connectivity index (χ1v) is 9.60. The lowest BCUT2D eigenvalue weighted by molar-refractivity contribution is -0.291. The van der Waals surface area contributed by atoms with Crippen LogP contribution < -0.4 is 5.32 Å². The normalized spacial score (nSPS) is 12.3. The van der Waals surface area contributed by atoms with Gasteiger partial charge in [0.15, 0.2) is 11.3 Å². The molecule has 0 radical (unpaired) electrons. The summed E-state index contributed by atoms with van der Waals surface area (Å²) in [6.45, 7) is 1.51. The first-order chi connectivity index (χ1) is 15.5. The van der Waals surface area contributed by atoms with Crippen LogP contribution in [0.2, 0.25) is 5.02 Å². The molecule has 8 nitrogen and oxygen atoms in total. The molecule has 0 saturated carbocycles.